The lowest BCUT2D eigenvalue weighted by molar-refractivity contribution is 0.0691. The number of benzene rings is 2. The summed E-state index contributed by atoms with van der Waals surface area (Å²) in [6.45, 7) is 5.59. The molecule has 1 aliphatic rings. The first-order valence-corrected chi connectivity index (χ1v) is 12.0. The Bertz CT molecular complexity index is 1150. The van der Waals surface area contributed by atoms with Crippen molar-refractivity contribution in [1.82, 2.24) is 10.3 Å². The van der Waals surface area contributed by atoms with Crippen molar-refractivity contribution in [1.29, 1.82) is 0 Å². The van der Waals surface area contributed by atoms with Gasteiger partial charge in [0.2, 0.25) is 0 Å². The molecule has 0 unspecified atom stereocenters. The number of carboxylic acids is 1. The highest BCUT2D eigenvalue weighted by molar-refractivity contribution is 5.92. The Labute approximate surface area is 205 Å². The predicted octanol–water partition coefficient (Wildman–Crippen LogP) is 4.50. The number of nitrogens with zero attached hydrogens (tertiary/aromatic N) is 1. The zero-order chi connectivity index (χ0) is 24.8. The van der Waals surface area contributed by atoms with Crippen LogP contribution in [0.25, 0.3) is 11.1 Å². The Kier molecular flexibility index (Phi) is 8.00. The van der Waals surface area contributed by atoms with Crippen LogP contribution in [0, 0.1) is 5.92 Å². The van der Waals surface area contributed by atoms with Crippen LogP contribution in [0.5, 0.6) is 11.5 Å². The molecule has 4 rings (SSSR count). The number of aromatic carboxylic acids is 1. The monoisotopic (exact) mass is 476 g/mol. The van der Waals surface area contributed by atoms with Gasteiger partial charge in [-0.25, -0.2) is 4.79 Å². The average Bonchev–Trinajstić information content (AvgIpc) is 2.87. The molecule has 7 nitrogen and oxygen atoms in total. The molecule has 3 aromatic rings. The zero-order valence-electron chi connectivity index (χ0n) is 20.1. The number of carbonyl (C=O) groups is 1. The van der Waals surface area contributed by atoms with Crippen molar-refractivity contribution in [2.75, 3.05) is 19.7 Å². The van der Waals surface area contributed by atoms with Crippen molar-refractivity contribution in [3.8, 4) is 22.6 Å². The first-order chi connectivity index (χ1) is 16.9. The van der Waals surface area contributed by atoms with Crippen LogP contribution in [0.15, 0.2) is 60.9 Å². The maximum absolute atomic E-state index is 11.6. The second kappa shape index (κ2) is 11.3. The molecule has 2 atom stereocenters. The number of aromatic nitrogens is 1. The molecule has 3 N–H and O–H groups in total. The number of fused-ring (bicyclic) bond motifs is 1. The van der Waals surface area contributed by atoms with Crippen LogP contribution in [0.3, 0.4) is 0 Å². The van der Waals surface area contributed by atoms with Crippen LogP contribution in [0.1, 0.15) is 47.9 Å². The van der Waals surface area contributed by atoms with E-state index in [9.17, 15) is 15.0 Å². The van der Waals surface area contributed by atoms with Gasteiger partial charge in [-0.15, -0.1) is 0 Å². The lowest BCUT2D eigenvalue weighted by Gasteiger charge is -2.27. The Morgan fingerprint density at radius 1 is 1.20 bits per heavy atom. The summed E-state index contributed by atoms with van der Waals surface area (Å²) in [4.78, 5) is 15.6. The third-order valence-corrected chi connectivity index (χ3v) is 5.99. The molecule has 1 aromatic heterocycles. The summed E-state index contributed by atoms with van der Waals surface area (Å²) in [6, 6.07) is 15.0. The number of pyridine rings is 1. The van der Waals surface area contributed by atoms with Crippen LogP contribution in [0.2, 0.25) is 0 Å². The van der Waals surface area contributed by atoms with Crippen LogP contribution >= 0.6 is 0 Å². The van der Waals surface area contributed by atoms with E-state index in [1.54, 1.807) is 24.5 Å². The molecule has 7 heteroatoms. The summed E-state index contributed by atoms with van der Waals surface area (Å²) in [6.07, 6.45) is 4.53. The van der Waals surface area contributed by atoms with Gasteiger partial charge in [0.05, 0.1) is 12.7 Å². The Morgan fingerprint density at radius 3 is 2.74 bits per heavy atom. The second-order valence-corrected chi connectivity index (χ2v) is 9.28. The molecule has 2 aromatic carbocycles. The number of hydrogen-bond donors (Lipinski definition) is 3. The van der Waals surface area contributed by atoms with Gasteiger partial charge in [0.1, 0.15) is 23.2 Å². The van der Waals surface area contributed by atoms with Crippen molar-refractivity contribution < 1.29 is 24.5 Å². The van der Waals surface area contributed by atoms with E-state index in [4.69, 9.17) is 9.47 Å². The largest absolute Gasteiger partial charge is 0.492 e. The van der Waals surface area contributed by atoms with Gasteiger partial charge in [-0.05, 0) is 65.8 Å². The van der Waals surface area contributed by atoms with Gasteiger partial charge in [0.25, 0.3) is 0 Å². The smallest absolute Gasteiger partial charge is 0.339 e. The summed E-state index contributed by atoms with van der Waals surface area (Å²) in [7, 11) is 0. The fraction of sp³-hybridized carbons (Fsp3) is 0.357. The number of carboxylic acid groups (broad SMARTS) is 1. The summed E-state index contributed by atoms with van der Waals surface area (Å²) in [5.74, 6) is 0.541. The highest BCUT2D eigenvalue weighted by Crippen LogP contribution is 2.34. The number of hydrogen-bond acceptors (Lipinski definition) is 6. The molecule has 0 saturated carbocycles. The van der Waals surface area contributed by atoms with Crippen molar-refractivity contribution in [2.24, 2.45) is 5.92 Å². The van der Waals surface area contributed by atoms with Crippen LogP contribution < -0.4 is 14.8 Å². The fourth-order valence-electron chi connectivity index (χ4n) is 4.09. The third-order valence-electron chi connectivity index (χ3n) is 5.99. The first-order valence-electron chi connectivity index (χ1n) is 12.0. The Morgan fingerprint density at radius 2 is 2.00 bits per heavy atom. The van der Waals surface area contributed by atoms with Crippen LogP contribution in [0.4, 0.5) is 0 Å². The number of aliphatic hydroxyl groups excluding tert-OH is 1. The quantitative estimate of drug-likeness (QED) is 0.396. The molecule has 0 saturated heterocycles. The molecule has 0 spiro atoms. The van der Waals surface area contributed by atoms with E-state index in [1.807, 2.05) is 44.2 Å². The minimum absolute atomic E-state index is 0.0281. The van der Waals surface area contributed by atoms with E-state index in [1.165, 1.54) is 0 Å². The van der Waals surface area contributed by atoms with E-state index < -0.39 is 12.1 Å². The van der Waals surface area contributed by atoms with Gasteiger partial charge in [-0.3, -0.25) is 4.98 Å². The van der Waals surface area contributed by atoms with Crippen molar-refractivity contribution in [3.63, 3.8) is 0 Å². The maximum atomic E-state index is 11.6. The maximum Gasteiger partial charge on any atom is 0.339 e. The highest BCUT2D eigenvalue weighted by Gasteiger charge is 2.21. The molecule has 0 amide bonds. The topological polar surface area (TPSA) is 101 Å². The molecular weight excluding hydrogens is 444 g/mol. The van der Waals surface area contributed by atoms with Gasteiger partial charge in [0, 0.05) is 31.0 Å². The molecule has 1 aliphatic heterocycles. The van der Waals surface area contributed by atoms with E-state index in [0.717, 1.165) is 40.8 Å². The van der Waals surface area contributed by atoms with E-state index in [-0.39, 0.29) is 11.7 Å². The van der Waals surface area contributed by atoms with Crippen LogP contribution in [-0.2, 0) is 6.42 Å². The van der Waals surface area contributed by atoms with Crippen molar-refractivity contribution >= 4 is 5.97 Å². The van der Waals surface area contributed by atoms with Crippen molar-refractivity contribution in [3.05, 3.63) is 77.6 Å². The molecular formula is C28H32N2O5. The number of aliphatic hydroxyl groups is 1. The molecule has 184 valence electrons. The van der Waals surface area contributed by atoms with E-state index in [0.29, 0.717) is 31.4 Å². The lowest BCUT2D eigenvalue weighted by atomic mass is 9.96. The highest BCUT2D eigenvalue weighted by atomic mass is 16.5. The molecule has 2 heterocycles. The number of rotatable bonds is 10. The summed E-state index contributed by atoms with van der Waals surface area (Å²) in [5, 5.41) is 23.1. The van der Waals surface area contributed by atoms with Gasteiger partial charge >= 0.3 is 5.97 Å². The second-order valence-electron chi connectivity index (χ2n) is 9.28. The third kappa shape index (κ3) is 6.38. The molecule has 0 radical (unpaired) electrons. The summed E-state index contributed by atoms with van der Waals surface area (Å²) < 4.78 is 12.0. The Hall–Kier alpha value is -3.42. The average molecular weight is 477 g/mol. The standard InChI is InChI=1S/C28H32N2O5/c1-18(2)17-34-27-13-20(6-9-24(27)28(32)33)19-7-10-26-21(12-19)5-8-23(35-26)15-30-16-25(31)22-4-3-11-29-14-22/h3-4,6-7,9-14,18,23,25,30-31H,5,8,15-17H2,1-2H3,(H,32,33)/t23-,25+/m1/s1. The fourth-order valence-corrected chi connectivity index (χ4v) is 4.09. The summed E-state index contributed by atoms with van der Waals surface area (Å²) in [5.41, 5.74) is 3.98. The minimum Gasteiger partial charge on any atom is -0.492 e. The number of aryl methyl sites for hydroxylation is 1. The molecule has 0 fully saturated rings. The molecule has 0 bridgehead atoms. The lowest BCUT2D eigenvalue weighted by Crippen LogP contribution is -2.36. The zero-order valence-corrected chi connectivity index (χ0v) is 20.1. The van der Waals surface area contributed by atoms with Gasteiger partial charge in [-0.2, -0.15) is 0 Å². The van der Waals surface area contributed by atoms with E-state index >= 15 is 0 Å². The van der Waals surface area contributed by atoms with Gasteiger partial charge in [-0.1, -0.05) is 32.0 Å². The van der Waals surface area contributed by atoms with Gasteiger partial charge in [0.15, 0.2) is 0 Å². The van der Waals surface area contributed by atoms with Crippen LogP contribution in [-0.4, -0.2) is 47.0 Å². The molecule has 35 heavy (non-hydrogen) atoms. The van der Waals surface area contributed by atoms with E-state index in [2.05, 4.69) is 16.4 Å². The minimum atomic E-state index is -0.998. The Balaban J connectivity index is 1.39. The number of nitrogens with one attached hydrogen (secondary N) is 1. The van der Waals surface area contributed by atoms with Crippen molar-refractivity contribution in [2.45, 2.75) is 38.9 Å². The number of ether oxygens (including phenoxy) is 2. The predicted molar refractivity (Wildman–Crippen MR) is 134 cm³/mol. The summed E-state index contributed by atoms with van der Waals surface area (Å²) >= 11 is 0. The normalized spacial score (nSPS) is 15.8. The SMILES string of the molecule is CC(C)COc1cc(-c2ccc3c(c2)CC[C@H](CNC[C@H](O)c2cccnc2)O3)ccc1C(=O)O. The van der Waals surface area contributed by atoms with Gasteiger partial charge < -0.3 is 25.0 Å². The first kappa shape index (κ1) is 24.7. The molecule has 0 aliphatic carbocycles.